The number of nitrogens with one attached hydrogen (secondary N) is 2. The molecule has 2 N–H and O–H groups in total. The zero-order valence-electron chi connectivity index (χ0n) is 15.3. The van der Waals surface area contributed by atoms with E-state index in [1.807, 2.05) is 19.3 Å². The summed E-state index contributed by atoms with van der Waals surface area (Å²) in [4.78, 5) is 11.3. The Balaban J connectivity index is 1.56. The summed E-state index contributed by atoms with van der Waals surface area (Å²) < 4.78 is 5.77. The van der Waals surface area contributed by atoms with E-state index in [1.54, 1.807) is 0 Å². The molecule has 0 aromatic carbocycles. The summed E-state index contributed by atoms with van der Waals surface area (Å²) >= 11 is 2.06. The molecule has 0 aliphatic carbocycles. The van der Waals surface area contributed by atoms with Gasteiger partial charge in [-0.05, 0) is 31.6 Å². The number of rotatable bonds is 5. The average Bonchev–Trinajstić information content (AvgIpc) is 3.10. The molecule has 3 heterocycles. The molecule has 2 aliphatic rings. The van der Waals surface area contributed by atoms with Crippen molar-refractivity contribution in [2.75, 3.05) is 50.5 Å². The van der Waals surface area contributed by atoms with Crippen LogP contribution in [0.15, 0.2) is 23.3 Å². The molecular formula is C18H29N5OS. The molecule has 0 bridgehead atoms. The number of anilines is 1. The Morgan fingerprint density at radius 3 is 2.96 bits per heavy atom. The van der Waals surface area contributed by atoms with Crippen LogP contribution in [0.25, 0.3) is 0 Å². The predicted octanol–water partition coefficient (Wildman–Crippen LogP) is 1.87. The molecule has 6 nitrogen and oxygen atoms in total. The smallest absolute Gasteiger partial charge is 0.191 e. The van der Waals surface area contributed by atoms with E-state index < -0.39 is 0 Å². The SMILES string of the molecule is CN=C(NCc1cccnc1N1CCOCC1)NCC1(C)CCCS1. The van der Waals surface area contributed by atoms with Crippen LogP contribution in [0.3, 0.4) is 0 Å². The molecule has 0 saturated carbocycles. The molecule has 1 aromatic heterocycles. The lowest BCUT2D eigenvalue weighted by Crippen LogP contribution is -2.43. The number of aromatic nitrogens is 1. The normalized spacial score (nSPS) is 24.4. The van der Waals surface area contributed by atoms with Crippen molar-refractivity contribution in [2.24, 2.45) is 4.99 Å². The summed E-state index contributed by atoms with van der Waals surface area (Å²) in [5, 5.41) is 6.92. The molecule has 2 saturated heterocycles. The van der Waals surface area contributed by atoms with Crippen molar-refractivity contribution in [1.82, 2.24) is 15.6 Å². The molecule has 0 spiro atoms. The van der Waals surface area contributed by atoms with Gasteiger partial charge in [-0.1, -0.05) is 6.07 Å². The third-order valence-corrected chi connectivity index (χ3v) is 6.32. The minimum Gasteiger partial charge on any atom is -0.378 e. The second-order valence-corrected chi connectivity index (χ2v) is 8.45. The van der Waals surface area contributed by atoms with Crippen molar-refractivity contribution in [1.29, 1.82) is 0 Å². The highest BCUT2D eigenvalue weighted by molar-refractivity contribution is 8.00. The number of thioether (sulfide) groups is 1. The van der Waals surface area contributed by atoms with E-state index in [4.69, 9.17) is 4.74 Å². The maximum Gasteiger partial charge on any atom is 0.191 e. The van der Waals surface area contributed by atoms with Gasteiger partial charge in [0.25, 0.3) is 0 Å². The quantitative estimate of drug-likeness (QED) is 0.615. The van der Waals surface area contributed by atoms with E-state index in [0.29, 0.717) is 11.3 Å². The molecule has 2 fully saturated rings. The van der Waals surface area contributed by atoms with Gasteiger partial charge >= 0.3 is 0 Å². The van der Waals surface area contributed by atoms with E-state index >= 15 is 0 Å². The third kappa shape index (κ3) is 5.01. The molecule has 1 unspecified atom stereocenters. The van der Waals surface area contributed by atoms with Crippen LogP contribution in [0.5, 0.6) is 0 Å². The molecular weight excluding hydrogens is 334 g/mol. The van der Waals surface area contributed by atoms with E-state index in [-0.39, 0.29) is 0 Å². The highest BCUT2D eigenvalue weighted by Gasteiger charge is 2.29. The van der Waals surface area contributed by atoms with Gasteiger partial charge < -0.3 is 20.3 Å². The van der Waals surface area contributed by atoms with Crippen LogP contribution < -0.4 is 15.5 Å². The number of ether oxygens (including phenoxy) is 1. The fourth-order valence-electron chi connectivity index (χ4n) is 3.27. The maximum absolute atomic E-state index is 5.45. The average molecular weight is 364 g/mol. The Labute approximate surface area is 154 Å². The van der Waals surface area contributed by atoms with E-state index in [2.05, 4.69) is 50.3 Å². The lowest BCUT2D eigenvalue weighted by molar-refractivity contribution is 0.122. The summed E-state index contributed by atoms with van der Waals surface area (Å²) in [6.07, 6.45) is 4.44. The second kappa shape index (κ2) is 8.76. The van der Waals surface area contributed by atoms with Crippen molar-refractivity contribution in [3.8, 4) is 0 Å². The Kier molecular flexibility index (Phi) is 6.42. The van der Waals surface area contributed by atoms with Crippen LogP contribution in [0.4, 0.5) is 5.82 Å². The first-order valence-electron chi connectivity index (χ1n) is 9.05. The third-order valence-electron chi connectivity index (χ3n) is 4.78. The van der Waals surface area contributed by atoms with Gasteiger partial charge in [0.15, 0.2) is 5.96 Å². The van der Waals surface area contributed by atoms with Gasteiger partial charge in [0.1, 0.15) is 5.82 Å². The lowest BCUT2D eigenvalue weighted by Gasteiger charge is -2.29. The summed E-state index contributed by atoms with van der Waals surface area (Å²) in [7, 11) is 1.82. The van der Waals surface area contributed by atoms with Crippen LogP contribution in [0.1, 0.15) is 25.3 Å². The summed E-state index contributed by atoms with van der Waals surface area (Å²) in [5.41, 5.74) is 1.19. The van der Waals surface area contributed by atoms with E-state index in [0.717, 1.165) is 44.6 Å². The van der Waals surface area contributed by atoms with Crippen molar-refractivity contribution in [2.45, 2.75) is 31.1 Å². The number of guanidine groups is 1. The van der Waals surface area contributed by atoms with E-state index in [1.165, 1.54) is 24.2 Å². The predicted molar refractivity (Wildman–Crippen MR) is 106 cm³/mol. The van der Waals surface area contributed by atoms with Crippen LogP contribution in [-0.4, -0.2) is 61.3 Å². The molecule has 1 aromatic rings. The molecule has 7 heteroatoms. The van der Waals surface area contributed by atoms with Gasteiger partial charge in [-0.2, -0.15) is 11.8 Å². The Morgan fingerprint density at radius 1 is 1.40 bits per heavy atom. The fraction of sp³-hybridized carbons (Fsp3) is 0.667. The standard InChI is InChI=1S/C18H29N5OS/c1-18(6-4-12-25-18)14-22-17(19-2)21-13-15-5-3-7-20-16(15)23-8-10-24-11-9-23/h3,5,7H,4,6,8-14H2,1-2H3,(H2,19,21,22). The number of aliphatic imine (C=N–C) groups is 1. The van der Waals surface area contributed by atoms with Gasteiger partial charge in [0.2, 0.25) is 0 Å². The zero-order valence-corrected chi connectivity index (χ0v) is 16.1. The molecule has 2 aliphatic heterocycles. The molecule has 138 valence electrons. The van der Waals surface area contributed by atoms with Crippen molar-refractivity contribution in [3.63, 3.8) is 0 Å². The van der Waals surface area contributed by atoms with Gasteiger partial charge in [-0.25, -0.2) is 4.98 Å². The first-order valence-corrected chi connectivity index (χ1v) is 10.0. The van der Waals surface area contributed by atoms with E-state index in [9.17, 15) is 0 Å². The van der Waals surface area contributed by atoms with Gasteiger partial charge in [0.05, 0.1) is 13.2 Å². The number of morpholine rings is 1. The van der Waals surface area contributed by atoms with Crippen LogP contribution >= 0.6 is 11.8 Å². The van der Waals surface area contributed by atoms with Crippen LogP contribution in [0.2, 0.25) is 0 Å². The fourth-order valence-corrected chi connectivity index (χ4v) is 4.52. The summed E-state index contributed by atoms with van der Waals surface area (Å²) in [6.45, 7) is 7.32. The molecule has 25 heavy (non-hydrogen) atoms. The van der Waals surface area contributed by atoms with Crippen molar-refractivity contribution < 1.29 is 4.74 Å². The largest absolute Gasteiger partial charge is 0.378 e. The van der Waals surface area contributed by atoms with Crippen LogP contribution in [0, 0.1) is 0 Å². The monoisotopic (exact) mass is 363 g/mol. The van der Waals surface area contributed by atoms with Gasteiger partial charge in [-0.15, -0.1) is 0 Å². The minimum atomic E-state index is 0.324. The highest BCUT2D eigenvalue weighted by atomic mass is 32.2. The Morgan fingerprint density at radius 2 is 2.24 bits per heavy atom. The topological polar surface area (TPSA) is 61.8 Å². The number of hydrogen-bond acceptors (Lipinski definition) is 5. The number of hydrogen-bond donors (Lipinski definition) is 2. The number of pyridine rings is 1. The Hall–Kier alpha value is -1.47. The lowest BCUT2D eigenvalue weighted by atomic mass is 10.1. The summed E-state index contributed by atoms with van der Waals surface area (Å²) in [6, 6.07) is 4.12. The second-order valence-electron chi connectivity index (χ2n) is 6.77. The first-order chi connectivity index (χ1) is 12.2. The zero-order chi connectivity index (χ0) is 17.5. The van der Waals surface area contributed by atoms with Crippen LogP contribution in [-0.2, 0) is 11.3 Å². The molecule has 1 atom stereocenters. The molecule has 0 radical (unpaired) electrons. The number of nitrogens with zero attached hydrogens (tertiary/aromatic N) is 3. The maximum atomic E-state index is 5.45. The highest BCUT2D eigenvalue weighted by Crippen LogP contribution is 2.36. The van der Waals surface area contributed by atoms with Gasteiger partial charge in [-0.3, -0.25) is 4.99 Å². The first kappa shape index (κ1) is 18.3. The van der Waals surface area contributed by atoms with Crippen molar-refractivity contribution in [3.05, 3.63) is 23.9 Å². The molecule has 0 amide bonds. The minimum absolute atomic E-state index is 0.324. The molecule has 3 rings (SSSR count). The summed E-state index contributed by atoms with van der Waals surface area (Å²) in [5.74, 6) is 3.17. The Bertz CT molecular complexity index is 583. The van der Waals surface area contributed by atoms with Crippen molar-refractivity contribution >= 4 is 23.5 Å². The van der Waals surface area contributed by atoms with Gasteiger partial charge in [0, 0.05) is 49.7 Å².